The Bertz CT molecular complexity index is 2110. The second kappa shape index (κ2) is 12.6. The minimum atomic E-state index is -5.29. The Labute approximate surface area is 299 Å². The average molecular weight is 745 g/mol. The highest BCUT2D eigenvalue weighted by molar-refractivity contribution is 8.09. The van der Waals surface area contributed by atoms with Crippen molar-refractivity contribution in [1.82, 2.24) is 28.8 Å². The highest BCUT2D eigenvalue weighted by atomic mass is 32.3. The Morgan fingerprint density at radius 1 is 1.12 bits per heavy atom. The standard InChI is InChI=1S/C36H43F3N6O6S/c1-23-9-10-25(29(34(3,4)33(46)47)27-11-17-45-30(24(27)2)41-42-32(45)36(37,38)39)20-26(23)21-44-22-35(12-13-35)51-31-28(8-7-14-40-31)52(44,48,49)50-19-18-43-15-5-6-16-43/h7-11,14,17,20,29H,5-6,12-13,15-16,18-19,21-22H2,1-4H3,(H,46,47)(H,48,49)/t29-/m0/s1. The molecule has 1 aromatic carbocycles. The van der Waals surface area contributed by atoms with Crippen LogP contribution in [0.25, 0.3) is 5.65 Å². The first-order valence-corrected chi connectivity index (χ1v) is 19.2. The zero-order chi connectivity index (χ0) is 37.3. The van der Waals surface area contributed by atoms with Crippen LogP contribution in [-0.4, -0.2) is 87.0 Å². The van der Waals surface area contributed by atoms with E-state index >= 15 is 4.21 Å². The lowest BCUT2D eigenvalue weighted by Crippen LogP contribution is -2.54. The number of rotatable bonds is 10. The molecule has 0 amide bonds. The lowest BCUT2D eigenvalue weighted by atomic mass is 9.70. The summed E-state index contributed by atoms with van der Waals surface area (Å²) in [5, 5.41) is 17.7. The lowest BCUT2D eigenvalue weighted by molar-refractivity contribution is -0.147. The van der Waals surface area contributed by atoms with Gasteiger partial charge in [-0.15, -0.1) is 10.2 Å². The number of fused-ring (bicyclic) bond motifs is 2. The van der Waals surface area contributed by atoms with E-state index in [0.29, 0.717) is 41.6 Å². The fourth-order valence-corrected chi connectivity index (χ4v) is 9.97. The minimum absolute atomic E-state index is 0.00592. The zero-order valence-electron chi connectivity index (χ0n) is 29.5. The molecule has 280 valence electrons. The van der Waals surface area contributed by atoms with E-state index in [2.05, 4.69) is 20.1 Å². The molecule has 52 heavy (non-hydrogen) atoms. The topological polar surface area (TPSA) is 143 Å². The van der Waals surface area contributed by atoms with Gasteiger partial charge < -0.3 is 14.7 Å². The lowest BCUT2D eigenvalue weighted by Gasteiger charge is -2.45. The molecule has 3 aromatic heterocycles. The van der Waals surface area contributed by atoms with Crippen molar-refractivity contribution in [3.63, 3.8) is 0 Å². The number of carboxylic acid groups (broad SMARTS) is 1. The summed E-state index contributed by atoms with van der Waals surface area (Å²) in [6, 6.07) is 10.00. The van der Waals surface area contributed by atoms with E-state index in [1.54, 1.807) is 32.9 Å². The summed E-state index contributed by atoms with van der Waals surface area (Å²) in [7, 11) is -5.29. The van der Waals surface area contributed by atoms with Crippen molar-refractivity contribution in [2.75, 3.05) is 32.8 Å². The van der Waals surface area contributed by atoms with Crippen molar-refractivity contribution in [1.29, 1.82) is 0 Å². The number of halogens is 3. The van der Waals surface area contributed by atoms with Crippen molar-refractivity contribution in [3.05, 3.63) is 82.4 Å². The first kappa shape index (κ1) is 36.4. The molecule has 4 aromatic rings. The summed E-state index contributed by atoms with van der Waals surface area (Å²) < 4.78 is 84.0. The fourth-order valence-electron chi connectivity index (χ4n) is 7.50. The third-order valence-corrected chi connectivity index (χ3v) is 13.6. The van der Waals surface area contributed by atoms with Gasteiger partial charge in [-0.2, -0.15) is 17.5 Å². The monoisotopic (exact) mass is 744 g/mol. The van der Waals surface area contributed by atoms with E-state index in [0.717, 1.165) is 35.9 Å². The number of likely N-dealkylation sites (tertiary alicyclic amines) is 1. The summed E-state index contributed by atoms with van der Waals surface area (Å²) >= 11 is 0. The number of pyridine rings is 2. The van der Waals surface area contributed by atoms with Crippen LogP contribution >= 0.6 is 0 Å². The van der Waals surface area contributed by atoms with Crippen LogP contribution in [0.3, 0.4) is 0 Å². The van der Waals surface area contributed by atoms with Gasteiger partial charge in [-0.1, -0.05) is 18.2 Å². The van der Waals surface area contributed by atoms with Gasteiger partial charge in [-0.25, -0.2) is 9.19 Å². The number of hydrogen-bond acceptors (Lipinski definition) is 8. The molecule has 16 heteroatoms. The van der Waals surface area contributed by atoms with Crippen LogP contribution in [0, 0.1) is 19.3 Å². The second-order valence-electron chi connectivity index (χ2n) is 14.8. The molecule has 1 spiro atoms. The molecule has 2 aliphatic heterocycles. The number of aliphatic carboxylic acids is 1. The Hall–Kier alpha value is -3.96. The van der Waals surface area contributed by atoms with E-state index < -0.39 is 44.7 Å². The van der Waals surface area contributed by atoms with Gasteiger partial charge in [0.1, 0.15) is 10.5 Å². The van der Waals surface area contributed by atoms with E-state index in [1.165, 1.54) is 28.8 Å². The summed E-state index contributed by atoms with van der Waals surface area (Å²) in [5.74, 6) is -3.10. The number of benzene rings is 1. The average Bonchev–Trinajstić information content (AvgIpc) is 3.42. The van der Waals surface area contributed by atoms with Gasteiger partial charge in [0.05, 0.1) is 18.6 Å². The van der Waals surface area contributed by atoms with Crippen molar-refractivity contribution >= 4 is 21.4 Å². The Balaban J connectivity index is 1.32. The number of hydrogen-bond donors (Lipinski definition) is 2. The maximum atomic E-state index is 15.5. The quantitative estimate of drug-likeness (QED) is 0.198. The summed E-state index contributed by atoms with van der Waals surface area (Å²) in [6.07, 6.45) is 1.42. The summed E-state index contributed by atoms with van der Waals surface area (Å²) in [4.78, 5) is 19.4. The van der Waals surface area contributed by atoms with Crippen LogP contribution in [0.15, 0.2) is 53.7 Å². The highest BCUT2D eigenvalue weighted by Gasteiger charge is 2.58. The number of alkyl halides is 3. The molecule has 0 unspecified atom stereocenters. The molecule has 2 fully saturated rings. The smallest absolute Gasteiger partial charge is 0.452 e. The van der Waals surface area contributed by atoms with E-state index in [9.17, 15) is 27.6 Å². The van der Waals surface area contributed by atoms with Gasteiger partial charge in [-0.3, -0.25) is 17.9 Å². The predicted molar refractivity (Wildman–Crippen MR) is 185 cm³/mol. The van der Waals surface area contributed by atoms with Crippen LogP contribution < -0.4 is 4.74 Å². The third-order valence-electron chi connectivity index (χ3n) is 10.8. The van der Waals surface area contributed by atoms with Gasteiger partial charge in [0.25, 0.3) is 0 Å². The molecule has 1 atom stereocenters. The zero-order valence-corrected chi connectivity index (χ0v) is 30.3. The van der Waals surface area contributed by atoms with Crippen LogP contribution in [-0.2, 0) is 31.5 Å². The number of carbonyl (C=O) groups is 1. The summed E-state index contributed by atoms with van der Waals surface area (Å²) in [5.41, 5.74) is 0.569. The molecule has 0 bridgehead atoms. The number of aryl methyl sites for hydroxylation is 2. The van der Waals surface area contributed by atoms with E-state index in [1.807, 2.05) is 19.1 Å². The van der Waals surface area contributed by atoms with Gasteiger partial charge in [0, 0.05) is 31.4 Å². The van der Waals surface area contributed by atoms with Crippen LogP contribution in [0.1, 0.15) is 79.1 Å². The molecular formula is C36H43F3N6O6S. The third kappa shape index (κ3) is 6.27. The number of nitrogens with zero attached hydrogens (tertiary/aromatic N) is 6. The molecular weight excluding hydrogens is 701 g/mol. The minimum Gasteiger partial charge on any atom is -0.481 e. The molecule has 1 saturated heterocycles. The van der Waals surface area contributed by atoms with E-state index in [4.69, 9.17) is 8.92 Å². The van der Waals surface area contributed by atoms with Gasteiger partial charge >= 0.3 is 12.1 Å². The molecule has 7 rings (SSSR count). The Morgan fingerprint density at radius 2 is 1.85 bits per heavy atom. The normalized spacial score (nSPS) is 21.2. The number of ether oxygens (including phenoxy) is 1. The van der Waals surface area contributed by atoms with E-state index in [-0.39, 0.29) is 36.1 Å². The fraction of sp³-hybridized carbons (Fsp3) is 0.500. The van der Waals surface area contributed by atoms with Gasteiger partial charge in [0.2, 0.25) is 11.7 Å². The van der Waals surface area contributed by atoms with Gasteiger partial charge in [0.15, 0.2) is 15.5 Å². The molecule has 1 saturated carbocycles. The molecule has 0 radical (unpaired) electrons. The Morgan fingerprint density at radius 3 is 2.52 bits per heavy atom. The van der Waals surface area contributed by atoms with Crippen molar-refractivity contribution in [2.45, 2.75) is 82.5 Å². The summed E-state index contributed by atoms with van der Waals surface area (Å²) in [6.45, 7) is 8.86. The SMILES string of the molecule is Cc1ccc([C@@H](c2ccn3c(C(F)(F)F)nnc3c2C)C(C)(C)C(=O)O)cc1CN1CC2(CC2)Oc2ncccc2S1(=O)(O)OCCN1CCCC1. The Kier molecular flexibility index (Phi) is 8.80. The van der Waals surface area contributed by atoms with Crippen LogP contribution in [0.4, 0.5) is 13.2 Å². The first-order valence-electron chi connectivity index (χ1n) is 17.4. The molecule has 2 N–H and O–H groups in total. The maximum Gasteiger partial charge on any atom is 0.452 e. The first-order chi connectivity index (χ1) is 24.4. The van der Waals surface area contributed by atoms with Gasteiger partial charge in [-0.05, 0) is 112 Å². The van der Waals surface area contributed by atoms with Crippen LogP contribution in [0.5, 0.6) is 5.88 Å². The number of carboxylic acids is 1. The maximum absolute atomic E-state index is 15.5. The second-order valence-corrected chi connectivity index (χ2v) is 17.6. The van der Waals surface area contributed by atoms with Crippen molar-refractivity contribution in [2.24, 2.45) is 5.41 Å². The van der Waals surface area contributed by atoms with Crippen molar-refractivity contribution < 1.29 is 40.8 Å². The predicted octanol–water partition coefficient (Wildman–Crippen LogP) is 6.02. The molecule has 12 nitrogen and oxygen atoms in total. The van der Waals surface area contributed by atoms with Crippen molar-refractivity contribution in [3.8, 4) is 5.88 Å². The molecule has 1 aliphatic carbocycles. The van der Waals surface area contributed by atoms with Crippen LogP contribution in [0.2, 0.25) is 0 Å². The molecule has 3 aliphatic rings. The number of aromatic nitrogens is 4. The molecule has 5 heterocycles. The highest BCUT2D eigenvalue weighted by Crippen LogP contribution is 2.53. The largest absolute Gasteiger partial charge is 0.481 e.